The zero-order chi connectivity index (χ0) is 11.5. The van der Waals surface area contributed by atoms with Crippen LogP contribution in [0.15, 0.2) is 29.0 Å². The van der Waals surface area contributed by atoms with Crippen LogP contribution in [0, 0.1) is 11.3 Å². The number of hydrogen-bond acceptors (Lipinski definition) is 5. The van der Waals surface area contributed by atoms with Gasteiger partial charge in [-0.2, -0.15) is 5.26 Å². The smallest absolute Gasteiger partial charge is 0.156 e. The summed E-state index contributed by atoms with van der Waals surface area (Å²) in [5.74, 6) is 0.320. The van der Waals surface area contributed by atoms with Crippen LogP contribution in [-0.4, -0.2) is 15.0 Å². The van der Waals surface area contributed by atoms with Crippen molar-refractivity contribution in [1.82, 2.24) is 15.0 Å². The third-order valence-corrected chi connectivity index (χ3v) is 2.47. The Balaban J connectivity index is 2.51. The highest BCUT2D eigenvalue weighted by Gasteiger charge is 2.05. The highest BCUT2D eigenvalue weighted by atomic mass is 79.9. The fourth-order valence-corrected chi connectivity index (χ4v) is 1.43. The predicted molar refractivity (Wildman–Crippen MR) is 62.1 cm³/mol. The number of anilines is 1. The van der Waals surface area contributed by atoms with Crippen LogP contribution in [0.5, 0.6) is 0 Å². The summed E-state index contributed by atoms with van der Waals surface area (Å²) in [5, 5.41) is 8.73. The molecule has 0 unspecified atom stereocenters. The van der Waals surface area contributed by atoms with Gasteiger partial charge in [-0.15, -0.1) is 0 Å². The lowest BCUT2D eigenvalue weighted by Gasteiger charge is -2.01. The van der Waals surface area contributed by atoms with Gasteiger partial charge in [-0.05, 0) is 28.1 Å². The Morgan fingerprint density at radius 2 is 2.06 bits per heavy atom. The van der Waals surface area contributed by atoms with E-state index in [-0.39, 0.29) is 0 Å². The molecule has 2 rings (SSSR count). The first-order valence-corrected chi connectivity index (χ1v) is 5.15. The number of nitrogens with two attached hydrogens (primary N) is 1. The summed E-state index contributed by atoms with van der Waals surface area (Å²) in [6.45, 7) is 0. The van der Waals surface area contributed by atoms with E-state index in [2.05, 4.69) is 30.9 Å². The van der Waals surface area contributed by atoms with Crippen LogP contribution in [-0.2, 0) is 0 Å². The zero-order valence-electron chi connectivity index (χ0n) is 8.05. The van der Waals surface area contributed by atoms with Crippen molar-refractivity contribution in [1.29, 1.82) is 5.26 Å². The molecular formula is C10H6BrN5. The maximum Gasteiger partial charge on any atom is 0.156 e. The van der Waals surface area contributed by atoms with Gasteiger partial charge in [-0.1, -0.05) is 6.07 Å². The molecule has 5 nitrogen and oxygen atoms in total. The first-order valence-electron chi connectivity index (χ1n) is 4.36. The highest BCUT2D eigenvalue weighted by molar-refractivity contribution is 9.10. The Labute approximate surface area is 100 Å². The van der Waals surface area contributed by atoms with Gasteiger partial charge in [0.05, 0.1) is 11.9 Å². The van der Waals surface area contributed by atoms with Crippen LogP contribution >= 0.6 is 15.9 Å². The number of nitriles is 1. The monoisotopic (exact) mass is 275 g/mol. The number of aromatic nitrogens is 3. The van der Waals surface area contributed by atoms with Gasteiger partial charge in [0.25, 0.3) is 0 Å². The Morgan fingerprint density at radius 1 is 1.25 bits per heavy atom. The molecular weight excluding hydrogens is 270 g/mol. The molecule has 0 fully saturated rings. The second-order valence-electron chi connectivity index (χ2n) is 2.95. The number of pyridine rings is 1. The van der Waals surface area contributed by atoms with E-state index in [9.17, 15) is 0 Å². The molecule has 0 aromatic carbocycles. The molecule has 0 aliphatic rings. The molecule has 0 atom stereocenters. The van der Waals surface area contributed by atoms with Gasteiger partial charge in [0.15, 0.2) is 5.82 Å². The molecule has 2 N–H and O–H groups in total. The minimum Gasteiger partial charge on any atom is -0.381 e. The Bertz CT molecular complexity index is 576. The molecule has 0 amide bonds. The summed E-state index contributed by atoms with van der Waals surface area (Å²) in [6.07, 6.45) is 1.52. The van der Waals surface area contributed by atoms with E-state index in [1.165, 1.54) is 6.20 Å². The van der Waals surface area contributed by atoms with Crippen LogP contribution in [0.4, 0.5) is 5.82 Å². The largest absolute Gasteiger partial charge is 0.381 e. The number of hydrogen-bond donors (Lipinski definition) is 1. The molecule has 0 bridgehead atoms. The second kappa shape index (κ2) is 4.24. The topological polar surface area (TPSA) is 88.5 Å². The van der Waals surface area contributed by atoms with E-state index in [1.807, 2.05) is 6.07 Å². The van der Waals surface area contributed by atoms with Crippen LogP contribution in [0.2, 0.25) is 0 Å². The SMILES string of the molecule is N#Cc1cccc(-c2cnc(N)c(Br)n2)n1. The molecule has 78 valence electrons. The van der Waals surface area contributed by atoms with Gasteiger partial charge < -0.3 is 5.73 Å². The third-order valence-electron chi connectivity index (χ3n) is 1.88. The minimum absolute atomic E-state index is 0.320. The van der Waals surface area contributed by atoms with Crippen molar-refractivity contribution in [3.8, 4) is 17.5 Å². The lowest BCUT2D eigenvalue weighted by Crippen LogP contribution is -1.97. The van der Waals surface area contributed by atoms with Crippen LogP contribution in [0.25, 0.3) is 11.4 Å². The average molecular weight is 276 g/mol. The van der Waals surface area contributed by atoms with E-state index < -0.39 is 0 Å². The predicted octanol–water partition coefficient (Wildman–Crippen LogP) is 1.75. The van der Waals surface area contributed by atoms with E-state index in [1.54, 1.807) is 18.2 Å². The van der Waals surface area contributed by atoms with Gasteiger partial charge in [0.1, 0.15) is 22.1 Å². The number of halogens is 1. The number of nitrogen functional groups attached to an aromatic ring is 1. The van der Waals surface area contributed by atoms with Crippen LogP contribution < -0.4 is 5.73 Å². The highest BCUT2D eigenvalue weighted by Crippen LogP contribution is 2.19. The maximum absolute atomic E-state index is 8.73. The summed E-state index contributed by atoms with van der Waals surface area (Å²) in [5.41, 5.74) is 7.03. The Morgan fingerprint density at radius 3 is 2.75 bits per heavy atom. The van der Waals surface area contributed by atoms with Gasteiger partial charge in [0.2, 0.25) is 0 Å². The summed E-state index contributed by atoms with van der Waals surface area (Å²) >= 11 is 3.19. The Hall–Kier alpha value is -2.00. The van der Waals surface area contributed by atoms with Crippen LogP contribution in [0.3, 0.4) is 0 Å². The number of nitrogens with zero attached hydrogens (tertiary/aromatic N) is 4. The second-order valence-corrected chi connectivity index (χ2v) is 3.70. The Kier molecular flexibility index (Phi) is 2.79. The zero-order valence-corrected chi connectivity index (χ0v) is 9.64. The molecule has 6 heteroatoms. The standard InChI is InChI=1S/C10H6BrN5/c11-9-10(13)14-5-8(16-9)7-3-1-2-6(4-12)15-7/h1-3,5H,(H2,13,14). The minimum atomic E-state index is 0.320. The molecule has 16 heavy (non-hydrogen) atoms. The fourth-order valence-electron chi connectivity index (χ4n) is 1.14. The molecule has 0 aliphatic heterocycles. The molecule has 0 spiro atoms. The van der Waals surface area contributed by atoms with Crippen molar-refractivity contribution in [3.05, 3.63) is 34.7 Å². The molecule has 0 aliphatic carbocycles. The lowest BCUT2D eigenvalue weighted by atomic mass is 10.2. The van der Waals surface area contributed by atoms with E-state index in [4.69, 9.17) is 11.0 Å². The molecule has 2 aromatic heterocycles. The van der Waals surface area contributed by atoms with Crippen molar-refractivity contribution in [3.63, 3.8) is 0 Å². The molecule has 0 radical (unpaired) electrons. The quantitative estimate of drug-likeness (QED) is 0.857. The average Bonchev–Trinajstić information content (AvgIpc) is 2.33. The lowest BCUT2D eigenvalue weighted by molar-refractivity contribution is 1.15. The summed E-state index contributed by atoms with van der Waals surface area (Å²) < 4.78 is 0.467. The van der Waals surface area contributed by atoms with Crippen molar-refractivity contribution in [2.24, 2.45) is 0 Å². The third kappa shape index (κ3) is 1.99. The van der Waals surface area contributed by atoms with Crippen molar-refractivity contribution in [2.75, 3.05) is 5.73 Å². The normalized spacial score (nSPS) is 9.75. The summed E-state index contributed by atoms with van der Waals surface area (Å²) in [7, 11) is 0. The summed E-state index contributed by atoms with van der Waals surface area (Å²) in [4.78, 5) is 12.2. The van der Waals surface area contributed by atoms with Gasteiger partial charge in [0, 0.05) is 0 Å². The van der Waals surface area contributed by atoms with E-state index in [0.717, 1.165) is 0 Å². The van der Waals surface area contributed by atoms with E-state index >= 15 is 0 Å². The number of rotatable bonds is 1. The van der Waals surface area contributed by atoms with Gasteiger partial charge in [-0.3, -0.25) is 0 Å². The van der Waals surface area contributed by atoms with Crippen molar-refractivity contribution >= 4 is 21.7 Å². The van der Waals surface area contributed by atoms with E-state index in [0.29, 0.717) is 27.5 Å². The first-order chi connectivity index (χ1) is 7.70. The van der Waals surface area contributed by atoms with Gasteiger partial charge >= 0.3 is 0 Å². The fraction of sp³-hybridized carbons (Fsp3) is 0. The van der Waals surface area contributed by atoms with Gasteiger partial charge in [-0.25, -0.2) is 15.0 Å². The molecule has 2 aromatic rings. The van der Waals surface area contributed by atoms with Crippen LogP contribution in [0.1, 0.15) is 5.69 Å². The summed E-state index contributed by atoms with van der Waals surface area (Å²) in [6, 6.07) is 7.10. The molecule has 0 saturated carbocycles. The molecule has 0 saturated heterocycles. The van der Waals surface area contributed by atoms with Crippen molar-refractivity contribution < 1.29 is 0 Å². The maximum atomic E-state index is 8.73. The molecule has 2 heterocycles. The van der Waals surface area contributed by atoms with Crippen molar-refractivity contribution in [2.45, 2.75) is 0 Å². The first kappa shape index (κ1) is 10.5.